The molecule has 20 heavy (non-hydrogen) atoms. The highest BCUT2D eigenvalue weighted by Gasteiger charge is 2.34. The van der Waals surface area contributed by atoms with Crippen LogP contribution in [-0.4, -0.2) is 58.2 Å². The second-order valence-electron chi connectivity index (χ2n) is 4.68. The monoisotopic (exact) mass is 303 g/mol. The fraction of sp³-hybridized carbons (Fsp3) is 0.750. The Morgan fingerprint density at radius 1 is 1.45 bits per heavy atom. The first-order valence-electron chi connectivity index (χ1n) is 6.60. The number of amides is 3. The minimum absolute atomic E-state index is 0.115. The first-order valence-corrected chi connectivity index (χ1v) is 7.75. The van der Waals surface area contributed by atoms with E-state index >= 15 is 0 Å². The van der Waals surface area contributed by atoms with Gasteiger partial charge in [0, 0.05) is 24.8 Å². The quantitative estimate of drug-likeness (QED) is 0.662. The topological polar surface area (TPSA) is 98.7 Å². The van der Waals surface area contributed by atoms with E-state index in [-0.39, 0.29) is 24.9 Å². The Bertz CT molecular complexity index is 378. The van der Waals surface area contributed by atoms with Crippen molar-refractivity contribution < 1.29 is 19.5 Å². The van der Waals surface area contributed by atoms with Gasteiger partial charge in [-0.1, -0.05) is 6.92 Å². The molecule has 1 aliphatic heterocycles. The predicted octanol–water partition coefficient (Wildman–Crippen LogP) is 0.460. The van der Waals surface area contributed by atoms with Gasteiger partial charge in [0.05, 0.1) is 5.88 Å². The Morgan fingerprint density at radius 2 is 2.15 bits per heavy atom. The summed E-state index contributed by atoms with van der Waals surface area (Å²) in [6.45, 7) is 4.09. The number of carbonyl (C=O) groups is 3. The number of aliphatic carboxylic acids is 1. The molecule has 0 aromatic carbocycles. The standard InChI is InChI=1S/C12H21N3O4S/c1-3-8(2)14-10(16)4-5-13-12(19)15-7-20-6-9(15)11(17)18/h8-9H,3-7H2,1-2H3,(H,13,19)(H,14,16)(H,17,18)/t8?,9-/m0/s1. The van der Waals surface area contributed by atoms with Crippen molar-refractivity contribution in [2.45, 2.75) is 38.8 Å². The van der Waals surface area contributed by atoms with Gasteiger partial charge >= 0.3 is 12.0 Å². The number of carboxylic acid groups (broad SMARTS) is 1. The van der Waals surface area contributed by atoms with Crippen molar-refractivity contribution in [3.63, 3.8) is 0 Å². The number of carbonyl (C=O) groups excluding carboxylic acids is 2. The summed E-state index contributed by atoms with van der Waals surface area (Å²) in [7, 11) is 0. The molecule has 0 spiro atoms. The summed E-state index contributed by atoms with van der Waals surface area (Å²) in [6.07, 6.45) is 1.04. The first-order chi connectivity index (χ1) is 9.45. The van der Waals surface area contributed by atoms with Crippen LogP contribution in [0.1, 0.15) is 26.7 Å². The fourth-order valence-electron chi connectivity index (χ4n) is 1.68. The van der Waals surface area contributed by atoms with E-state index in [0.717, 1.165) is 6.42 Å². The van der Waals surface area contributed by atoms with Crippen LogP contribution in [0.5, 0.6) is 0 Å². The second-order valence-corrected chi connectivity index (χ2v) is 5.68. The van der Waals surface area contributed by atoms with Gasteiger partial charge in [0.2, 0.25) is 5.91 Å². The lowest BCUT2D eigenvalue weighted by Crippen LogP contribution is -2.47. The summed E-state index contributed by atoms with van der Waals surface area (Å²) < 4.78 is 0. The van der Waals surface area contributed by atoms with Gasteiger partial charge in [0.15, 0.2) is 0 Å². The first kappa shape index (κ1) is 16.6. The van der Waals surface area contributed by atoms with Crippen molar-refractivity contribution >= 4 is 29.7 Å². The molecule has 1 heterocycles. The highest BCUT2D eigenvalue weighted by Crippen LogP contribution is 2.20. The second kappa shape index (κ2) is 7.98. The third-order valence-corrected chi connectivity index (χ3v) is 4.09. The Morgan fingerprint density at radius 3 is 2.75 bits per heavy atom. The number of carboxylic acids is 1. The zero-order valence-corrected chi connectivity index (χ0v) is 12.5. The van der Waals surface area contributed by atoms with Gasteiger partial charge in [0.1, 0.15) is 6.04 Å². The summed E-state index contributed by atoms with van der Waals surface area (Å²) in [4.78, 5) is 35.6. The van der Waals surface area contributed by atoms with Crippen LogP contribution in [0.15, 0.2) is 0 Å². The molecule has 7 nitrogen and oxygen atoms in total. The Balaban J connectivity index is 2.29. The van der Waals surface area contributed by atoms with Gasteiger partial charge in [-0.05, 0) is 13.3 Å². The van der Waals surface area contributed by atoms with Crippen molar-refractivity contribution in [1.29, 1.82) is 0 Å². The van der Waals surface area contributed by atoms with Gasteiger partial charge < -0.3 is 20.6 Å². The molecule has 1 rings (SSSR count). The van der Waals surface area contributed by atoms with Crippen molar-refractivity contribution in [2.24, 2.45) is 0 Å². The lowest BCUT2D eigenvalue weighted by Gasteiger charge is -2.20. The molecule has 1 fully saturated rings. The van der Waals surface area contributed by atoms with Crippen molar-refractivity contribution in [2.75, 3.05) is 18.2 Å². The number of hydrogen-bond acceptors (Lipinski definition) is 4. The maximum Gasteiger partial charge on any atom is 0.327 e. The van der Waals surface area contributed by atoms with E-state index in [0.29, 0.717) is 11.6 Å². The molecule has 2 atom stereocenters. The molecule has 0 saturated carbocycles. The Kier molecular flexibility index (Phi) is 6.63. The molecule has 0 bridgehead atoms. The van der Waals surface area contributed by atoms with Gasteiger partial charge in [0.25, 0.3) is 0 Å². The summed E-state index contributed by atoms with van der Waals surface area (Å²) in [5.74, 6) is -0.357. The molecule has 0 radical (unpaired) electrons. The SMILES string of the molecule is CCC(C)NC(=O)CCNC(=O)N1CSC[C@H]1C(=O)O. The van der Waals surface area contributed by atoms with Crippen molar-refractivity contribution in [3.8, 4) is 0 Å². The molecule has 3 N–H and O–H groups in total. The van der Waals surface area contributed by atoms with Crippen LogP contribution in [0.3, 0.4) is 0 Å². The summed E-state index contributed by atoms with van der Waals surface area (Å²) in [5.41, 5.74) is 0. The smallest absolute Gasteiger partial charge is 0.327 e. The van der Waals surface area contributed by atoms with Gasteiger partial charge in [-0.25, -0.2) is 9.59 Å². The number of rotatable bonds is 6. The minimum Gasteiger partial charge on any atom is -0.480 e. The number of nitrogens with one attached hydrogen (secondary N) is 2. The normalized spacial score (nSPS) is 19.5. The lowest BCUT2D eigenvalue weighted by atomic mass is 10.2. The lowest BCUT2D eigenvalue weighted by molar-refractivity contribution is -0.140. The van der Waals surface area contributed by atoms with E-state index in [1.807, 2.05) is 13.8 Å². The molecule has 1 aliphatic rings. The Hall–Kier alpha value is -1.44. The van der Waals surface area contributed by atoms with Crippen LogP contribution in [0.4, 0.5) is 4.79 Å². The molecule has 8 heteroatoms. The minimum atomic E-state index is -1.00. The third-order valence-electron chi connectivity index (χ3n) is 3.08. The number of thioether (sulfide) groups is 1. The summed E-state index contributed by atoms with van der Waals surface area (Å²) >= 11 is 1.40. The molecular weight excluding hydrogens is 282 g/mol. The number of nitrogens with zero attached hydrogens (tertiary/aromatic N) is 1. The van der Waals surface area contributed by atoms with Crippen LogP contribution in [0, 0.1) is 0 Å². The van der Waals surface area contributed by atoms with Crippen LogP contribution >= 0.6 is 11.8 Å². The van der Waals surface area contributed by atoms with E-state index in [1.54, 1.807) is 0 Å². The van der Waals surface area contributed by atoms with E-state index < -0.39 is 18.0 Å². The molecule has 0 aromatic heterocycles. The van der Waals surface area contributed by atoms with Gasteiger partial charge in [-0.2, -0.15) is 0 Å². The molecule has 0 aromatic rings. The fourth-order valence-corrected chi connectivity index (χ4v) is 2.83. The highest BCUT2D eigenvalue weighted by atomic mass is 32.2. The molecule has 3 amide bonds. The molecular formula is C12H21N3O4S. The maximum absolute atomic E-state index is 11.8. The molecule has 1 saturated heterocycles. The van der Waals surface area contributed by atoms with E-state index in [9.17, 15) is 14.4 Å². The van der Waals surface area contributed by atoms with Crippen LogP contribution in [0.25, 0.3) is 0 Å². The van der Waals surface area contributed by atoms with Crippen LogP contribution in [0.2, 0.25) is 0 Å². The number of hydrogen-bond donors (Lipinski definition) is 3. The predicted molar refractivity (Wildman–Crippen MR) is 76.5 cm³/mol. The van der Waals surface area contributed by atoms with Crippen molar-refractivity contribution in [3.05, 3.63) is 0 Å². The number of urea groups is 1. The average Bonchev–Trinajstić information content (AvgIpc) is 2.87. The van der Waals surface area contributed by atoms with Crippen molar-refractivity contribution in [1.82, 2.24) is 15.5 Å². The van der Waals surface area contributed by atoms with E-state index in [1.165, 1.54) is 16.7 Å². The van der Waals surface area contributed by atoms with Crippen LogP contribution < -0.4 is 10.6 Å². The Labute approximate surface area is 122 Å². The average molecular weight is 303 g/mol. The summed E-state index contributed by atoms with van der Waals surface area (Å²) in [6, 6.07) is -1.10. The highest BCUT2D eigenvalue weighted by molar-refractivity contribution is 7.99. The molecule has 1 unspecified atom stereocenters. The zero-order chi connectivity index (χ0) is 15.1. The van der Waals surface area contributed by atoms with E-state index in [2.05, 4.69) is 10.6 Å². The molecule has 114 valence electrons. The maximum atomic E-state index is 11.8. The zero-order valence-electron chi connectivity index (χ0n) is 11.7. The van der Waals surface area contributed by atoms with Crippen LogP contribution in [-0.2, 0) is 9.59 Å². The largest absolute Gasteiger partial charge is 0.480 e. The third kappa shape index (κ3) is 4.92. The molecule has 0 aliphatic carbocycles. The van der Waals surface area contributed by atoms with Gasteiger partial charge in [-0.15, -0.1) is 11.8 Å². The van der Waals surface area contributed by atoms with E-state index in [4.69, 9.17) is 5.11 Å². The summed E-state index contributed by atoms with van der Waals surface area (Å²) in [5, 5.41) is 14.4. The van der Waals surface area contributed by atoms with Gasteiger partial charge in [-0.3, -0.25) is 4.79 Å².